The van der Waals surface area contributed by atoms with E-state index in [0.717, 1.165) is 29.3 Å². The number of ketones is 1. The molecule has 2 aliphatic carbocycles. The summed E-state index contributed by atoms with van der Waals surface area (Å²) < 4.78 is 45.8. The number of amides is 2. The Bertz CT molecular complexity index is 2060. The number of sulfonamides is 1. The zero-order valence-corrected chi connectivity index (χ0v) is 36.4. The van der Waals surface area contributed by atoms with Crippen molar-refractivity contribution in [1.29, 1.82) is 0 Å². The molecular formula is C44H62N4O9S. The lowest BCUT2D eigenvalue weighted by molar-refractivity contribution is -0.160. The summed E-state index contributed by atoms with van der Waals surface area (Å²) in [4.78, 5) is 65.6. The molecule has 58 heavy (non-hydrogen) atoms. The van der Waals surface area contributed by atoms with E-state index in [1.54, 1.807) is 45.9 Å². The van der Waals surface area contributed by atoms with Crippen LogP contribution in [0.5, 0.6) is 11.6 Å². The van der Waals surface area contributed by atoms with Crippen molar-refractivity contribution in [1.82, 2.24) is 14.6 Å². The Morgan fingerprint density at radius 1 is 1.10 bits per heavy atom. The Labute approximate surface area is 343 Å². The smallest absolute Gasteiger partial charge is 0.307 e. The van der Waals surface area contributed by atoms with Crippen LogP contribution in [-0.4, -0.2) is 92.1 Å². The van der Waals surface area contributed by atoms with Crippen LogP contribution in [0.25, 0.3) is 10.8 Å². The summed E-state index contributed by atoms with van der Waals surface area (Å²) in [5.41, 5.74) is -1.18. The predicted molar refractivity (Wildman–Crippen MR) is 222 cm³/mol. The minimum Gasteiger partial charge on any atom is -0.497 e. The van der Waals surface area contributed by atoms with Crippen molar-refractivity contribution >= 4 is 50.1 Å². The predicted octanol–water partition coefficient (Wildman–Crippen LogP) is 6.37. The van der Waals surface area contributed by atoms with Gasteiger partial charge in [0.25, 0.3) is 0 Å². The quantitative estimate of drug-likeness (QED) is 0.209. The molecule has 1 unspecified atom stereocenters. The number of allylic oxidation sites excluding steroid dienone is 2. The second-order valence-electron chi connectivity index (χ2n) is 18.6. The van der Waals surface area contributed by atoms with E-state index in [2.05, 4.69) is 16.6 Å². The number of hydrogen-bond acceptors (Lipinski definition) is 11. The van der Waals surface area contributed by atoms with Crippen LogP contribution in [0.15, 0.2) is 36.5 Å². The van der Waals surface area contributed by atoms with E-state index in [9.17, 15) is 22.8 Å². The van der Waals surface area contributed by atoms with Gasteiger partial charge in [-0.3, -0.25) is 23.9 Å². The number of hydrogen-bond donors (Lipinski definition) is 1. The number of carbonyl (C=O) groups is 4. The van der Waals surface area contributed by atoms with Crippen molar-refractivity contribution in [2.75, 3.05) is 32.6 Å². The normalized spacial score (nSPS) is 29.3. The van der Waals surface area contributed by atoms with E-state index in [-0.39, 0.29) is 55.3 Å². The van der Waals surface area contributed by atoms with Gasteiger partial charge < -0.3 is 24.0 Å². The van der Waals surface area contributed by atoms with Gasteiger partial charge in [-0.2, -0.15) is 0 Å². The average molecular weight is 823 g/mol. The Morgan fingerprint density at radius 2 is 1.83 bits per heavy atom. The zero-order chi connectivity index (χ0) is 42.4. The molecule has 0 radical (unpaired) electrons. The number of rotatable bonds is 10. The molecule has 0 bridgehead atoms. The molecule has 6 rings (SSSR count). The number of ether oxygens (including phenoxy) is 3. The first-order valence-electron chi connectivity index (χ1n) is 20.8. The van der Waals surface area contributed by atoms with E-state index < -0.39 is 55.7 Å². The molecule has 2 aliphatic heterocycles. The molecule has 2 saturated carbocycles. The van der Waals surface area contributed by atoms with Crippen LogP contribution in [0.1, 0.15) is 106 Å². The topological polar surface area (TPSA) is 162 Å². The standard InChI is InChI=1S/C44H62N4O9S/c1-10-28-19-27(2)13-11-12-14-29-23-44(29,41(52)46-58(53,54)43(6)17-18-43)24-37(49)35-21-31(26-48(35)40(51)33(28)22-38(50)57-42(3,4)5)56-39-32-16-15-30(55-9)20-34(32)36(25-45-39)47(7)8/h12,14-16,20,25,27-29,31,33,35H,10-11,13,17-19,21-24,26H2,1-9H3,(H,46,52)/b14-12-/t27-,28-,29-,31-,33+,35?,44-/m1/s1. The van der Waals surface area contributed by atoms with Crippen LogP contribution in [0, 0.1) is 29.1 Å². The highest BCUT2D eigenvalue weighted by Crippen LogP contribution is 2.58. The van der Waals surface area contributed by atoms with Crippen LogP contribution in [0.3, 0.4) is 0 Å². The van der Waals surface area contributed by atoms with Gasteiger partial charge in [0.05, 0.1) is 54.1 Å². The summed E-state index contributed by atoms with van der Waals surface area (Å²) in [6.45, 7) is 11.2. The first-order valence-corrected chi connectivity index (χ1v) is 22.3. The molecule has 7 atom stereocenters. The number of esters is 1. The lowest BCUT2D eigenvalue weighted by atomic mass is 9.79. The molecule has 318 valence electrons. The van der Waals surface area contributed by atoms with Crippen LogP contribution in [-0.2, 0) is 33.9 Å². The Hall–Kier alpha value is -4.20. The largest absolute Gasteiger partial charge is 0.497 e. The highest BCUT2D eigenvalue weighted by molar-refractivity contribution is 7.91. The fourth-order valence-corrected chi connectivity index (χ4v) is 10.2. The lowest BCUT2D eigenvalue weighted by Gasteiger charge is -2.33. The Kier molecular flexibility index (Phi) is 12.3. The summed E-state index contributed by atoms with van der Waals surface area (Å²) >= 11 is 0. The lowest BCUT2D eigenvalue weighted by Crippen LogP contribution is -2.48. The third-order valence-electron chi connectivity index (χ3n) is 12.7. The third-order valence-corrected chi connectivity index (χ3v) is 14.9. The summed E-state index contributed by atoms with van der Waals surface area (Å²) in [5, 5.41) is 1.58. The fourth-order valence-electron chi connectivity index (χ4n) is 8.82. The number of anilines is 1. The molecule has 13 nitrogen and oxygen atoms in total. The molecule has 14 heteroatoms. The maximum absolute atomic E-state index is 15.1. The summed E-state index contributed by atoms with van der Waals surface area (Å²) in [6.07, 6.45) is 8.90. The van der Waals surface area contributed by atoms with Crippen molar-refractivity contribution in [3.8, 4) is 11.6 Å². The maximum atomic E-state index is 15.1. The number of aromatic nitrogens is 1. The summed E-state index contributed by atoms with van der Waals surface area (Å²) in [7, 11) is 1.48. The molecule has 1 saturated heterocycles. The average Bonchev–Trinajstić information content (AvgIpc) is 4.03. The minimum absolute atomic E-state index is 0.0517. The van der Waals surface area contributed by atoms with E-state index in [4.69, 9.17) is 14.2 Å². The number of carbonyl (C=O) groups excluding carboxylic acids is 4. The highest BCUT2D eigenvalue weighted by Gasteiger charge is 2.62. The number of benzene rings is 1. The second-order valence-corrected chi connectivity index (χ2v) is 20.8. The number of methoxy groups -OCH3 is 1. The van der Waals surface area contributed by atoms with E-state index in [0.29, 0.717) is 43.7 Å². The molecular weight excluding hydrogens is 761 g/mol. The van der Waals surface area contributed by atoms with Crippen molar-refractivity contribution in [3.63, 3.8) is 0 Å². The van der Waals surface area contributed by atoms with Gasteiger partial charge in [-0.25, -0.2) is 13.4 Å². The Morgan fingerprint density at radius 3 is 2.47 bits per heavy atom. The molecule has 1 N–H and O–H groups in total. The fraction of sp³-hybridized carbons (Fsp3) is 0.659. The summed E-state index contributed by atoms with van der Waals surface area (Å²) in [5.74, 6) is -1.89. The van der Waals surface area contributed by atoms with Gasteiger partial charge in [-0.15, -0.1) is 0 Å². The van der Waals surface area contributed by atoms with Gasteiger partial charge in [0.1, 0.15) is 17.5 Å². The third kappa shape index (κ3) is 9.16. The van der Waals surface area contributed by atoms with E-state index in [1.165, 1.54) is 0 Å². The summed E-state index contributed by atoms with van der Waals surface area (Å²) in [6, 6.07) is 4.62. The van der Waals surface area contributed by atoms with E-state index in [1.807, 2.05) is 56.3 Å². The van der Waals surface area contributed by atoms with Gasteiger partial charge in [0.2, 0.25) is 27.7 Å². The number of Topliss-reactive ketones (excluding diaryl/α,β-unsaturated/α-hetero) is 1. The molecule has 4 aliphatic rings. The zero-order valence-electron chi connectivity index (χ0n) is 35.6. The van der Waals surface area contributed by atoms with Crippen molar-refractivity contribution < 1.29 is 41.8 Å². The molecule has 1 aromatic carbocycles. The molecule has 3 fully saturated rings. The number of nitrogens with one attached hydrogen (secondary N) is 1. The van der Waals surface area contributed by atoms with Gasteiger partial charge >= 0.3 is 5.97 Å². The molecule has 0 spiro atoms. The molecule has 3 heterocycles. The number of nitrogens with zero attached hydrogens (tertiary/aromatic N) is 3. The number of pyridine rings is 1. The van der Waals surface area contributed by atoms with Gasteiger partial charge in [0.15, 0.2) is 5.78 Å². The number of fused-ring (bicyclic) bond motifs is 3. The van der Waals surface area contributed by atoms with Crippen LogP contribution >= 0.6 is 0 Å². The van der Waals surface area contributed by atoms with Crippen LogP contribution in [0.2, 0.25) is 0 Å². The van der Waals surface area contributed by atoms with Crippen molar-refractivity contribution in [2.24, 2.45) is 29.1 Å². The molecule has 1 aromatic heterocycles. The Balaban J connectivity index is 1.38. The van der Waals surface area contributed by atoms with Gasteiger partial charge in [0, 0.05) is 37.7 Å². The van der Waals surface area contributed by atoms with E-state index >= 15 is 4.79 Å². The highest BCUT2D eigenvalue weighted by atomic mass is 32.2. The van der Waals surface area contributed by atoms with Gasteiger partial charge in [-0.1, -0.05) is 32.4 Å². The minimum atomic E-state index is -3.96. The van der Waals surface area contributed by atoms with Crippen LogP contribution < -0.4 is 19.1 Å². The van der Waals surface area contributed by atoms with Gasteiger partial charge in [-0.05, 0) is 102 Å². The van der Waals surface area contributed by atoms with Crippen molar-refractivity contribution in [3.05, 3.63) is 36.5 Å². The first-order chi connectivity index (χ1) is 27.2. The maximum Gasteiger partial charge on any atom is 0.307 e. The molecule has 2 amide bonds. The molecule has 2 aromatic rings. The monoisotopic (exact) mass is 822 g/mol. The SMILES string of the molecule is CC[C@@H]1C[C@H](C)CC/C=C\[C@@H]2C[C@@]2(C(=O)NS(=O)(=O)C2(C)CC2)CC(=O)C2C[C@@H](Oc3ncc(N(C)C)c4cc(OC)ccc34)CN2C(=O)[C@H]1CC(=O)OC(C)(C)C. The van der Waals surface area contributed by atoms with Crippen LogP contribution in [0.4, 0.5) is 5.69 Å². The second kappa shape index (κ2) is 16.5. The van der Waals surface area contributed by atoms with Crippen molar-refractivity contribution in [2.45, 2.75) is 128 Å². The first kappa shape index (κ1) is 43.4.